The van der Waals surface area contributed by atoms with Crippen LogP contribution in [0, 0.1) is 0 Å². The molecule has 4 heteroatoms. The second kappa shape index (κ2) is 55.9. The molecule has 0 spiro atoms. The first-order valence-corrected chi connectivity index (χ1v) is 29.2. The molecule has 0 saturated carbocycles. The number of hydrogen-bond donors (Lipinski definition) is 3. The van der Waals surface area contributed by atoms with Crippen LogP contribution >= 0.6 is 0 Å². The Labute approximate surface area is 402 Å². The Bertz CT molecular complexity index is 974. The van der Waals surface area contributed by atoms with Crippen LogP contribution in [0.2, 0.25) is 0 Å². The number of amides is 1. The number of carbonyl (C=O) groups excluding carboxylic acids is 1. The first-order chi connectivity index (χ1) is 31.7. The van der Waals surface area contributed by atoms with Crippen LogP contribution in [0.3, 0.4) is 0 Å². The molecular formula is C60H115NO3. The summed E-state index contributed by atoms with van der Waals surface area (Å²) < 4.78 is 0. The molecule has 0 aliphatic heterocycles. The highest BCUT2D eigenvalue weighted by Crippen LogP contribution is 2.17. The van der Waals surface area contributed by atoms with Crippen LogP contribution in [0.25, 0.3) is 0 Å². The van der Waals surface area contributed by atoms with Crippen LogP contribution in [-0.4, -0.2) is 34.9 Å². The Morgan fingerprint density at radius 1 is 0.359 bits per heavy atom. The lowest BCUT2D eigenvalue weighted by Crippen LogP contribution is -2.45. The number of nitrogens with one attached hydrogen (secondary N) is 1. The summed E-state index contributed by atoms with van der Waals surface area (Å²) in [5, 5.41) is 23.1. The Morgan fingerprint density at radius 2 is 0.609 bits per heavy atom. The minimum absolute atomic E-state index is 0.0685. The SMILES string of the molecule is CCCCCCCCCC/C=C\CCCCCCCCCCCCCCCCCCCCCCCCCCCC(=O)NC(CO)C(O)/C=C/CC/C=C/CCCCCCCCCCC. The number of allylic oxidation sites excluding steroid dienone is 5. The third-order valence-corrected chi connectivity index (χ3v) is 13.6. The molecule has 0 saturated heterocycles. The summed E-state index contributed by atoms with van der Waals surface area (Å²) in [7, 11) is 0. The second-order valence-electron chi connectivity index (χ2n) is 20.1. The molecule has 0 aliphatic rings. The Kier molecular flexibility index (Phi) is 54.7. The third kappa shape index (κ3) is 51.6. The summed E-state index contributed by atoms with van der Waals surface area (Å²) >= 11 is 0. The van der Waals surface area contributed by atoms with Crippen LogP contribution < -0.4 is 5.32 Å². The van der Waals surface area contributed by atoms with Crippen LogP contribution in [-0.2, 0) is 4.79 Å². The second-order valence-corrected chi connectivity index (χ2v) is 20.1. The molecule has 0 aliphatic carbocycles. The fourth-order valence-electron chi connectivity index (χ4n) is 9.13. The maximum Gasteiger partial charge on any atom is 0.220 e. The summed E-state index contributed by atoms with van der Waals surface area (Å²) in [6.45, 7) is 4.32. The van der Waals surface area contributed by atoms with Gasteiger partial charge in [-0.05, 0) is 57.8 Å². The molecule has 3 N–H and O–H groups in total. The highest BCUT2D eigenvalue weighted by atomic mass is 16.3. The van der Waals surface area contributed by atoms with Gasteiger partial charge in [0.15, 0.2) is 0 Å². The van der Waals surface area contributed by atoms with E-state index in [0.717, 1.165) is 32.1 Å². The van der Waals surface area contributed by atoms with Gasteiger partial charge in [-0.15, -0.1) is 0 Å². The predicted molar refractivity (Wildman–Crippen MR) is 285 cm³/mol. The number of aliphatic hydroxyl groups excluding tert-OH is 2. The fourth-order valence-corrected chi connectivity index (χ4v) is 9.13. The van der Waals surface area contributed by atoms with Gasteiger partial charge in [-0.1, -0.05) is 294 Å². The van der Waals surface area contributed by atoms with Crippen LogP contribution in [0.4, 0.5) is 0 Å². The van der Waals surface area contributed by atoms with Gasteiger partial charge in [0.2, 0.25) is 5.91 Å². The highest BCUT2D eigenvalue weighted by molar-refractivity contribution is 5.76. The van der Waals surface area contributed by atoms with E-state index in [1.165, 1.54) is 270 Å². The summed E-state index contributed by atoms with van der Waals surface area (Å²) in [4.78, 5) is 12.4. The molecule has 0 rings (SSSR count). The smallest absolute Gasteiger partial charge is 0.220 e. The van der Waals surface area contributed by atoms with Gasteiger partial charge in [-0.2, -0.15) is 0 Å². The Balaban J connectivity index is 3.40. The first-order valence-electron chi connectivity index (χ1n) is 29.2. The van der Waals surface area contributed by atoms with Crippen molar-refractivity contribution < 1.29 is 15.0 Å². The standard InChI is InChI=1S/C60H115NO3/c1-3-5-7-9-11-13-15-17-19-20-21-22-23-24-25-26-27-28-29-30-31-32-33-34-35-36-37-38-39-40-42-44-46-48-50-52-54-56-60(64)61-58(57-62)59(63)55-53-51-49-47-45-43-41-18-16-14-12-10-8-6-4-2/h20-21,45,47,53,55,58-59,62-63H,3-19,22-44,46,48-52,54,56-57H2,1-2H3,(H,61,64)/b21-20-,47-45+,55-53+. The number of aliphatic hydroxyl groups is 2. The quantitative estimate of drug-likeness (QED) is 0.0421. The van der Waals surface area contributed by atoms with Crippen molar-refractivity contribution in [1.29, 1.82) is 0 Å². The lowest BCUT2D eigenvalue weighted by atomic mass is 10.0. The zero-order valence-electron chi connectivity index (χ0n) is 43.6. The van der Waals surface area contributed by atoms with E-state index in [0.29, 0.717) is 6.42 Å². The highest BCUT2D eigenvalue weighted by Gasteiger charge is 2.18. The Morgan fingerprint density at radius 3 is 0.906 bits per heavy atom. The largest absolute Gasteiger partial charge is 0.394 e. The molecule has 64 heavy (non-hydrogen) atoms. The van der Waals surface area contributed by atoms with Crippen molar-refractivity contribution in [2.45, 2.75) is 334 Å². The average Bonchev–Trinajstić information content (AvgIpc) is 3.30. The number of carbonyl (C=O) groups is 1. The number of unbranched alkanes of at least 4 members (excludes halogenated alkanes) is 43. The van der Waals surface area contributed by atoms with E-state index in [1.807, 2.05) is 6.08 Å². The topological polar surface area (TPSA) is 69.6 Å². The van der Waals surface area contributed by atoms with Crippen molar-refractivity contribution in [2.24, 2.45) is 0 Å². The number of rotatable bonds is 54. The lowest BCUT2D eigenvalue weighted by Gasteiger charge is -2.19. The minimum Gasteiger partial charge on any atom is -0.394 e. The average molecular weight is 899 g/mol. The van der Waals surface area contributed by atoms with Gasteiger partial charge in [-0.3, -0.25) is 4.79 Å². The van der Waals surface area contributed by atoms with Crippen LogP contribution in [0.1, 0.15) is 322 Å². The summed E-state index contributed by atoms with van der Waals surface area (Å²) in [6.07, 6.45) is 76.2. The summed E-state index contributed by atoms with van der Waals surface area (Å²) in [6, 6.07) is -0.636. The molecule has 378 valence electrons. The Hall–Kier alpha value is -1.39. The van der Waals surface area contributed by atoms with E-state index >= 15 is 0 Å². The fraction of sp³-hybridized carbons (Fsp3) is 0.883. The van der Waals surface area contributed by atoms with Gasteiger partial charge in [0.1, 0.15) is 0 Å². The maximum atomic E-state index is 12.4. The van der Waals surface area contributed by atoms with Crippen LogP contribution in [0.5, 0.6) is 0 Å². The van der Waals surface area contributed by atoms with Crippen LogP contribution in [0.15, 0.2) is 36.5 Å². The molecule has 0 bridgehead atoms. The molecular weight excluding hydrogens is 783 g/mol. The van der Waals surface area contributed by atoms with E-state index in [2.05, 4.69) is 43.5 Å². The van der Waals surface area contributed by atoms with Crippen molar-refractivity contribution in [3.8, 4) is 0 Å². The maximum absolute atomic E-state index is 12.4. The predicted octanol–water partition coefficient (Wildman–Crippen LogP) is 19.3. The molecule has 2 atom stereocenters. The van der Waals surface area contributed by atoms with E-state index < -0.39 is 12.1 Å². The van der Waals surface area contributed by atoms with E-state index in [9.17, 15) is 15.0 Å². The molecule has 4 nitrogen and oxygen atoms in total. The summed E-state index contributed by atoms with van der Waals surface area (Å²) in [5.74, 6) is -0.0685. The molecule has 0 aromatic rings. The lowest BCUT2D eigenvalue weighted by molar-refractivity contribution is -0.123. The van der Waals surface area contributed by atoms with E-state index in [1.54, 1.807) is 6.08 Å². The molecule has 0 heterocycles. The van der Waals surface area contributed by atoms with Crippen molar-refractivity contribution in [1.82, 2.24) is 5.32 Å². The molecule has 2 unspecified atom stereocenters. The monoisotopic (exact) mass is 898 g/mol. The molecule has 0 fully saturated rings. The molecule has 0 aromatic carbocycles. The molecule has 1 amide bonds. The zero-order chi connectivity index (χ0) is 46.3. The minimum atomic E-state index is -0.860. The van der Waals surface area contributed by atoms with Crippen molar-refractivity contribution in [3.63, 3.8) is 0 Å². The first kappa shape index (κ1) is 62.6. The van der Waals surface area contributed by atoms with Crippen molar-refractivity contribution in [2.75, 3.05) is 6.61 Å². The molecule has 0 aromatic heterocycles. The van der Waals surface area contributed by atoms with Gasteiger partial charge in [0, 0.05) is 6.42 Å². The van der Waals surface area contributed by atoms with Gasteiger partial charge in [-0.25, -0.2) is 0 Å². The van der Waals surface area contributed by atoms with Gasteiger partial charge >= 0.3 is 0 Å². The zero-order valence-corrected chi connectivity index (χ0v) is 43.6. The van der Waals surface area contributed by atoms with Gasteiger partial charge < -0.3 is 15.5 Å². The summed E-state index contributed by atoms with van der Waals surface area (Å²) in [5.41, 5.74) is 0. The number of hydrogen-bond acceptors (Lipinski definition) is 3. The normalized spacial score (nSPS) is 13.0. The third-order valence-electron chi connectivity index (χ3n) is 13.6. The van der Waals surface area contributed by atoms with Crippen molar-refractivity contribution in [3.05, 3.63) is 36.5 Å². The van der Waals surface area contributed by atoms with Crippen molar-refractivity contribution >= 4 is 5.91 Å². The van der Waals surface area contributed by atoms with E-state index in [4.69, 9.17) is 0 Å². The van der Waals surface area contributed by atoms with Gasteiger partial charge in [0.05, 0.1) is 18.8 Å². The van der Waals surface area contributed by atoms with E-state index in [-0.39, 0.29) is 12.5 Å². The van der Waals surface area contributed by atoms with Gasteiger partial charge in [0.25, 0.3) is 0 Å². The molecule has 0 radical (unpaired) electrons.